The number of nitrogens with zero attached hydrogens (tertiary/aromatic N) is 5. The first-order valence-corrected chi connectivity index (χ1v) is 7.69. The monoisotopic (exact) mass is 294 g/mol. The van der Waals surface area contributed by atoms with Gasteiger partial charge in [-0.15, -0.1) is 21.5 Å². The fourth-order valence-corrected chi connectivity index (χ4v) is 3.33. The zero-order valence-corrected chi connectivity index (χ0v) is 12.5. The molecule has 0 bridgehead atoms. The number of rotatable bonds is 3. The van der Waals surface area contributed by atoms with E-state index in [2.05, 4.69) is 34.1 Å². The molecule has 19 heavy (non-hydrogen) atoms. The molecule has 0 fully saturated rings. The minimum atomic E-state index is -0.0457. The largest absolute Gasteiger partial charge is 0.322 e. The van der Waals surface area contributed by atoms with Gasteiger partial charge in [-0.05, 0) is 6.92 Å². The molecule has 0 aliphatic carbocycles. The Bertz CT molecular complexity index is 708. The van der Waals surface area contributed by atoms with E-state index in [-0.39, 0.29) is 6.04 Å². The maximum atomic E-state index is 5.83. The van der Waals surface area contributed by atoms with E-state index in [0.29, 0.717) is 5.92 Å². The van der Waals surface area contributed by atoms with Crippen LogP contribution in [0.25, 0.3) is 15.7 Å². The highest BCUT2D eigenvalue weighted by Crippen LogP contribution is 2.29. The molecule has 3 rings (SSSR count). The van der Waals surface area contributed by atoms with E-state index in [9.17, 15) is 0 Å². The molecular weight excluding hydrogens is 280 g/mol. The maximum absolute atomic E-state index is 5.83. The van der Waals surface area contributed by atoms with Gasteiger partial charge < -0.3 is 5.73 Å². The summed E-state index contributed by atoms with van der Waals surface area (Å²) in [4.78, 5) is 5.31. The average molecular weight is 294 g/mol. The number of hydrogen-bond donors (Lipinski definition) is 1. The van der Waals surface area contributed by atoms with Gasteiger partial charge in [0.25, 0.3) is 0 Å². The van der Waals surface area contributed by atoms with Gasteiger partial charge >= 0.3 is 0 Å². The maximum Gasteiger partial charge on any atom is 0.235 e. The van der Waals surface area contributed by atoms with Gasteiger partial charge in [0.15, 0.2) is 10.8 Å². The molecule has 100 valence electrons. The molecular formula is C11H14N6S2. The zero-order valence-electron chi connectivity index (χ0n) is 10.9. The first kappa shape index (κ1) is 12.6. The van der Waals surface area contributed by atoms with Crippen molar-refractivity contribution in [1.29, 1.82) is 0 Å². The molecule has 8 heteroatoms. The summed E-state index contributed by atoms with van der Waals surface area (Å²) in [6.45, 7) is 6.08. The van der Waals surface area contributed by atoms with Crippen LogP contribution >= 0.6 is 22.7 Å². The van der Waals surface area contributed by atoms with Crippen LogP contribution in [0, 0.1) is 0 Å². The lowest BCUT2D eigenvalue weighted by Gasteiger charge is -1.97. The van der Waals surface area contributed by atoms with E-state index in [4.69, 9.17) is 5.73 Å². The van der Waals surface area contributed by atoms with Crippen molar-refractivity contribution in [3.8, 4) is 10.7 Å². The number of aromatic nitrogens is 5. The molecule has 1 atom stereocenters. The van der Waals surface area contributed by atoms with Crippen LogP contribution in [0.1, 0.15) is 43.6 Å². The Hall–Kier alpha value is -1.38. The first-order chi connectivity index (χ1) is 9.06. The Kier molecular flexibility index (Phi) is 3.08. The number of hydrogen-bond acceptors (Lipinski definition) is 7. The van der Waals surface area contributed by atoms with Crippen LogP contribution in [0.3, 0.4) is 0 Å². The number of fused-ring (bicyclic) bond motifs is 1. The molecule has 0 spiro atoms. The minimum absolute atomic E-state index is 0.0457. The van der Waals surface area contributed by atoms with Crippen LogP contribution in [0.15, 0.2) is 5.38 Å². The van der Waals surface area contributed by atoms with Crippen molar-refractivity contribution in [3.05, 3.63) is 16.2 Å². The lowest BCUT2D eigenvalue weighted by Crippen LogP contribution is -2.03. The highest BCUT2D eigenvalue weighted by molar-refractivity contribution is 7.20. The molecule has 0 radical (unpaired) electrons. The fourth-order valence-electron chi connectivity index (χ4n) is 1.69. The summed E-state index contributed by atoms with van der Waals surface area (Å²) in [5.41, 5.74) is 6.69. The van der Waals surface area contributed by atoms with Crippen LogP contribution in [0.5, 0.6) is 0 Å². The van der Waals surface area contributed by atoms with Crippen LogP contribution < -0.4 is 5.73 Å². The van der Waals surface area contributed by atoms with Gasteiger partial charge in [0, 0.05) is 11.3 Å². The summed E-state index contributed by atoms with van der Waals surface area (Å²) >= 11 is 3.06. The Morgan fingerprint density at radius 3 is 2.68 bits per heavy atom. The van der Waals surface area contributed by atoms with Crippen molar-refractivity contribution in [1.82, 2.24) is 24.8 Å². The second-order valence-electron chi connectivity index (χ2n) is 4.67. The van der Waals surface area contributed by atoms with Crippen molar-refractivity contribution in [2.24, 2.45) is 5.73 Å². The van der Waals surface area contributed by atoms with E-state index >= 15 is 0 Å². The van der Waals surface area contributed by atoms with Gasteiger partial charge in [0.05, 0.1) is 6.04 Å². The van der Waals surface area contributed by atoms with E-state index in [1.807, 2.05) is 12.3 Å². The van der Waals surface area contributed by atoms with Crippen LogP contribution in [-0.4, -0.2) is 24.8 Å². The first-order valence-electron chi connectivity index (χ1n) is 5.99. The van der Waals surface area contributed by atoms with E-state index < -0.39 is 0 Å². The lowest BCUT2D eigenvalue weighted by atomic mass is 10.2. The Balaban J connectivity index is 2.05. The Morgan fingerprint density at radius 2 is 2.05 bits per heavy atom. The molecule has 2 N–H and O–H groups in total. The average Bonchev–Trinajstić information content (AvgIpc) is 3.02. The summed E-state index contributed by atoms with van der Waals surface area (Å²) in [7, 11) is 0. The summed E-state index contributed by atoms with van der Waals surface area (Å²) in [6, 6.07) is -0.0457. The minimum Gasteiger partial charge on any atom is -0.322 e. The molecule has 3 aromatic heterocycles. The van der Waals surface area contributed by atoms with Crippen LogP contribution in [0.4, 0.5) is 0 Å². The predicted octanol–water partition coefficient (Wildman–Crippen LogP) is 2.45. The molecule has 0 amide bonds. The van der Waals surface area contributed by atoms with Crippen molar-refractivity contribution in [2.45, 2.75) is 32.7 Å². The Labute approximate surface area is 118 Å². The van der Waals surface area contributed by atoms with Crippen molar-refractivity contribution in [3.63, 3.8) is 0 Å². The molecule has 0 aliphatic heterocycles. The van der Waals surface area contributed by atoms with Crippen molar-refractivity contribution >= 4 is 27.6 Å². The van der Waals surface area contributed by atoms with Crippen molar-refractivity contribution in [2.75, 3.05) is 0 Å². The number of thiazole rings is 1. The summed E-state index contributed by atoms with van der Waals surface area (Å²) in [5, 5.41) is 16.6. The third-order valence-corrected chi connectivity index (χ3v) is 4.63. The Morgan fingerprint density at radius 1 is 1.26 bits per heavy atom. The smallest absolute Gasteiger partial charge is 0.235 e. The molecule has 0 saturated heterocycles. The third-order valence-electron chi connectivity index (χ3n) is 2.66. The van der Waals surface area contributed by atoms with E-state index in [1.54, 1.807) is 15.9 Å². The molecule has 6 nitrogen and oxygen atoms in total. The fraction of sp³-hybridized carbons (Fsp3) is 0.455. The van der Waals surface area contributed by atoms with Crippen molar-refractivity contribution < 1.29 is 0 Å². The standard InChI is InChI=1S/C11H14N6S2/c1-5(2)8-14-15-11-17(8)16-10(19-11)7-4-18-9(13-7)6(3)12/h4-6H,12H2,1-3H3. The molecule has 3 aromatic rings. The third kappa shape index (κ3) is 2.15. The van der Waals surface area contributed by atoms with Gasteiger partial charge in [-0.3, -0.25) is 0 Å². The molecule has 0 aliphatic rings. The SMILES string of the molecule is CC(C)c1nnc2sc(-c3csc(C(C)N)n3)nn12. The zero-order chi connectivity index (χ0) is 13.6. The van der Waals surface area contributed by atoms with Crippen LogP contribution in [-0.2, 0) is 0 Å². The summed E-state index contributed by atoms with van der Waals surface area (Å²) in [6.07, 6.45) is 0. The normalized spacial score (nSPS) is 13.5. The van der Waals surface area contributed by atoms with Crippen LogP contribution in [0.2, 0.25) is 0 Å². The van der Waals surface area contributed by atoms with Gasteiger partial charge in [-0.25, -0.2) is 4.98 Å². The second-order valence-corrected chi connectivity index (χ2v) is 6.52. The number of nitrogens with two attached hydrogens (primary N) is 1. The topological polar surface area (TPSA) is 82.0 Å². The second kappa shape index (κ2) is 4.62. The quantitative estimate of drug-likeness (QED) is 0.802. The molecule has 3 heterocycles. The van der Waals surface area contributed by atoms with Gasteiger partial charge in [-0.1, -0.05) is 25.2 Å². The summed E-state index contributed by atoms with van der Waals surface area (Å²) in [5.74, 6) is 1.17. The van der Waals surface area contributed by atoms with Gasteiger partial charge in [-0.2, -0.15) is 9.61 Å². The molecule has 1 unspecified atom stereocenters. The molecule has 0 saturated carbocycles. The highest BCUT2D eigenvalue weighted by Gasteiger charge is 2.17. The van der Waals surface area contributed by atoms with Gasteiger partial charge in [0.1, 0.15) is 10.7 Å². The molecule has 0 aromatic carbocycles. The lowest BCUT2D eigenvalue weighted by molar-refractivity contribution is 0.726. The summed E-state index contributed by atoms with van der Waals surface area (Å²) < 4.78 is 1.80. The van der Waals surface area contributed by atoms with E-state index in [1.165, 1.54) is 11.3 Å². The van der Waals surface area contributed by atoms with E-state index in [0.717, 1.165) is 26.5 Å². The highest BCUT2D eigenvalue weighted by atomic mass is 32.1. The van der Waals surface area contributed by atoms with Gasteiger partial charge in [0.2, 0.25) is 4.96 Å². The predicted molar refractivity (Wildman–Crippen MR) is 76.5 cm³/mol.